The lowest BCUT2D eigenvalue weighted by Gasteiger charge is -2.11. The fourth-order valence-electron chi connectivity index (χ4n) is 1.69. The van der Waals surface area contributed by atoms with E-state index in [0.29, 0.717) is 18.5 Å². The van der Waals surface area contributed by atoms with Crippen molar-refractivity contribution in [2.45, 2.75) is 32.9 Å². The van der Waals surface area contributed by atoms with Gasteiger partial charge in [-0.2, -0.15) is 0 Å². The number of nitrogens with two attached hydrogens (primary N) is 1. The molecule has 0 bridgehead atoms. The maximum absolute atomic E-state index is 5.80. The first kappa shape index (κ1) is 17.5. The van der Waals surface area contributed by atoms with E-state index in [2.05, 4.69) is 29.3 Å². The van der Waals surface area contributed by atoms with E-state index in [1.807, 2.05) is 36.4 Å². The second-order valence-corrected chi connectivity index (χ2v) is 4.70. The molecule has 5 nitrogen and oxygen atoms in total. The summed E-state index contributed by atoms with van der Waals surface area (Å²) in [6.45, 7) is 4.56. The van der Waals surface area contributed by atoms with E-state index in [-0.39, 0.29) is 24.0 Å². The SMILES string of the molecule is CCC(C)NC(N)=NCc1cc(-c2ccccc2)on1.I. The van der Waals surface area contributed by atoms with E-state index >= 15 is 0 Å². The number of hydrogen-bond acceptors (Lipinski definition) is 3. The highest BCUT2D eigenvalue weighted by atomic mass is 127. The normalized spacial score (nSPS) is 12.6. The fraction of sp³-hybridized carbons (Fsp3) is 0.333. The molecule has 21 heavy (non-hydrogen) atoms. The van der Waals surface area contributed by atoms with Crippen LogP contribution in [-0.4, -0.2) is 17.2 Å². The highest BCUT2D eigenvalue weighted by Gasteiger charge is 2.06. The Labute approximate surface area is 142 Å². The number of aromatic nitrogens is 1. The molecular weight excluding hydrogens is 379 g/mol. The number of guanidine groups is 1. The Morgan fingerprint density at radius 3 is 2.76 bits per heavy atom. The van der Waals surface area contributed by atoms with Gasteiger partial charge in [-0.3, -0.25) is 0 Å². The smallest absolute Gasteiger partial charge is 0.189 e. The average molecular weight is 400 g/mol. The van der Waals surface area contributed by atoms with Crippen LogP contribution in [0.3, 0.4) is 0 Å². The molecule has 0 saturated carbocycles. The monoisotopic (exact) mass is 400 g/mol. The Bertz CT molecular complexity index is 568. The maximum atomic E-state index is 5.80. The summed E-state index contributed by atoms with van der Waals surface area (Å²) in [6.07, 6.45) is 0.998. The molecule has 0 aliphatic rings. The number of nitrogens with zero attached hydrogens (tertiary/aromatic N) is 2. The Balaban J connectivity index is 0.00000220. The lowest BCUT2D eigenvalue weighted by molar-refractivity contribution is 0.424. The van der Waals surface area contributed by atoms with Crippen LogP contribution in [0.1, 0.15) is 26.0 Å². The Kier molecular flexibility index (Phi) is 7.21. The van der Waals surface area contributed by atoms with Gasteiger partial charge in [0.25, 0.3) is 0 Å². The molecule has 1 aromatic carbocycles. The van der Waals surface area contributed by atoms with Crippen LogP contribution in [0.2, 0.25) is 0 Å². The van der Waals surface area contributed by atoms with E-state index in [1.165, 1.54) is 0 Å². The van der Waals surface area contributed by atoms with Crippen molar-refractivity contribution >= 4 is 29.9 Å². The van der Waals surface area contributed by atoms with Gasteiger partial charge in [0.2, 0.25) is 0 Å². The molecule has 1 atom stereocenters. The third-order valence-electron chi connectivity index (χ3n) is 3.04. The van der Waals surface area contributed by atoms with Crippen LogP contribution in [0.4, 0.5) is 0 Å². The summed E-state index contributed by atoms with van der Waals surface area (Å²) < 4.78 is 5.30. The predicted molar refractivity (Wildman–Crippen MR) is 95.6 cm³/mol. The number of halogens is 1. The lowest BCUT2D eigenvalue weighted by atomic mass is 10.2. The Morgan fingerprint density at radius 1 is 1.38 bits per heavy atom. The highest BCUT2D eigenvalue weighted by Crippen LogP contribution is 2.19. The fourth-order valence-corrected chi connectivity index (χ4v) is 1.69. The van der Waals surface area contributed by atoms with Gasteiger partial charge in [0.05, 0.1) is 6.54 Å². The van der Waals surface area contributed by atoms with E-state index in [4.69, 9.17) is 10.3 Å². The Morgan fingerprint density at radius 2 is 2.10 bits per heavy atom. The van der Waals surface area contributed by atoms with Crippen molar-refractivity contribution in [1.82, 2.24) is 10.5 Å². The van der Waals surface area contributed by atoms with Gasteiger partial charge in [-0.25, -0.2) is 4.99 Å². The van der Waals surface area contributed by atoms with Crippen LogP contribution in [-0.2, 0) is 6.54 Å². The molecule has 0 amide bonds. The zero-order valence-corrected chi connectivity index (χ0v) is 14.6. The zero-order valence-electron chi connectivity index (χ0n) is 12.2. The van der Waals surface area contributed by atoms with Gasteiger partial charge < -0.3 is 15.6 Å². The summed E-state index contributed by atoms with van der Waals surface area (Å²) in [5.41, 5.74) is 7.56. The number of rotatable bonds is 5. The quantitative estimate of drug-likeness (QED) is 0.459. The standard InChI is InChI=1S/C15H20N4O.HI/c1-3-11(2)18-15(16)17-10-13-9-14(20-19-13)12-7-5-4-6-8-12;/h4-9,11H,3,10H2,1-2H3,(H3,16,17,18);1H. The first-order chi connectivity index (χ1) is 9.69. The number of benzene rings is 1. The van der Waals surface area contributed by atoms with Crippen molar-refractivity contribution in [3.05, 3.63) is 42.1 Å². The molecule has 114 valence electrons. The molecule has 2 rings (SSSR count). The van der Waals surface area contributed by atoms with E-state index < -0.39 is 0 Å². The predicted octanol–water partition coefficient (Wildman–Crippen LogP) is 3.16. The van der Waals surface area contributed by atoms with Crippen LogP contribution in [0.15, 0.2) is 45.9 Å². The largest absolute Gasteiger partial charge is 0.370 e. The summed E-state index contributed by atoms with van der Waals surface area (Å²) in [4.78, 5) is 4.25. The minimum atomic E-state index is 0. The second kappa shape index (κ2) is 8.66. The third-order valence-corrected chi connectivity index (χ3v) is 3.04. The molecule has 1 aromatic heterocycles. The van der Waals surface area contributed by atoms with Gasteiger partial charge in [-0.15, -0.1) is 24.0 Å². The molecular formula is C15H21IN4O. The second-order valence-electron chi connectivity index (χ2n) is 4.70. The topological polar surface area (TPSA) is 76.4 Å². The van der Waals surface area contributed by atoms with Crippen LogP contribution in [0.25, 0.3) is 11.3 Å². The minimum absolute atomic E-state index is 0. The van der Waals surface area contributed by atoms with Gasteiger partial charge in [-0.1, -0.05) is 42.4 Å². The van der Waals surface area contributed by atoms with Crippen molar-refractivity contribution < 1.29 is 4.52 Å². The molecule has 0 aliphatic heterocycles. The third kappa shape index (κ3) is 5.37. The molecule has 0 fully saturated rings. The first-order valence-electron chi connectivity index (χ1n) is 6.76. The molecule has 1 unspecified atom stereocenters. The molecule has 0 aliphatic carbocycles. The van der Waals surface area contributed by atoms with Crippen molar-refractivity contribution in [2.24, 2.45) is 10.7 Å². The maximum Gasteiger partial charge on any atom is 0.189 e. The van der Waals surface area contributed by atoms with Crippen molar-refractivity contribution in [3.63, 3.8) is 0 Å². The van der Waals surface area contributed by atoms with Gasteiger partial charge in [0.1, 0.15) is 5.69 Å². The van der Waals surface area contributed by atoms with E-state index in [9.17, 15) is 0 Å². The van der Waals surface area contributed by atoms with Gasteiger partial charge in [0, 0.05) is 17.7 Å². The van der Waals surface area contributed by atoms with Crippen molar-refractivity contribution in [1.29, 1.82) is 0 Å². The van der Waals surface area contributed by atoms with Crippen LogP contribution in [0.5, 0.6) is 0 Å². The molecule has 1 heterocycles. The van der Waals surface area contributed by atoms with Gasteiger partial charge >= 0.3 is 0 Å². The molecule has 3 N–H and O–H groups in total. The summed E-state index contributed by atoms with van der Waals surface area (Å²) >= 11 is 0. The van der Waals surface area contributed by atoms with Crippen LogP contribution < -0.4 is 11.1 Å². The molecule has 6 heteroatoms. The number of aliphatic imine (C=N–C) groups is 1. The highest BCUT2D eigenvalue weighted by molar-refractivity contribution is 14.0. The number of nitrogens with one attached hydrogen (secondary N) is 1. The van der Waals surface area contributed by atoms with E-state index in [1.54, 1.807) is 0 Å². The lowest BCUT2D eigenvalue weighted by Crippen LogP contribution is -2.38. The first-order valence-corrected chi connectivity index (χ1v) is 6.76. The molecule has 2 aromatic rings. The van der Waals surface area contributed by atoms with Gasteiger partial charge in [0.15, 0.2) is 11.7 Å². The summed E-state index contributed by atoms with van der Waals surface area (Å²) in [6, 6.07) is 12.0. The van der Waals surface area contributed by atoms with Gasteiger partial charge in [-0.05, 0) is 13.3 Å². The summed E-state index contributed by atoms with van der Waals surface area (Å²) in [5.74, 6) is 1.17. The Hall–Kier alpha value is -1.57. The molecule has 0 radical (unpaired) electrons. The minimum Gasteiger partial charge on any atom is -0.370 e. The van der Waals surface area contributed by atoms with Crippen LogP contribution in [0, 0.1) is 0 Å². The number of hydrogen-bond donors (Lipinski definition) is 2. The zero-order chi connectivity index (χ0) is 14.4. The van der Waals surface area contributed by atoms with Crippen molar-refractivity contribution in [2.75, 3.05) is 0 Å². The van der Waals surface area contributed by atoms with Crippen LogP contribution >= 0.6 is 24.0 Å². The summed E-state index contributed by atoms with van der Waals surface area (Å²) in [5, 5.41) is 7.11. The van der Waals surface area contributed by atoms with Crippen molar-refractivity contribution in [3.8, 4) is 11.3 Å². The van der Waals surface area contributed by atoms with E-state index in [0.717, 1.165) is 23.4 Å². The molecule has 0 spiro atoms. The molecule has 0 saturated heterocycles. The average Bonchev–Trinajstić information content (AvgIpc) is 2.95. The summed E-state index contributed by atoms with van der Waals surface area (Å²) in [7, 11) is 0.